The van der Waals surface area contributed by atoms with Crippen LogP contribution in [0.15, 0.2) is 101 Å². The number of methoxy groups -OCH3 is 2. The third-order valence-electron chi connectivity index (χ3n) is 11.0. The van der Waals surface area contributed by atoms with Gasteiger partial charge < -0.3 is 51.7 Å². The number of benzene rings is 3. The summed E-state index contributed by atoms with van der Waals surface area (Å²) < 4.78 is 70.8. The molecule has 0 amide bonds. The Labute approximate surface area is 396 Å². The molecule has 2 aliphatic heterocycles. The van der Waals surface area contributed by atoms with Gasteiger partial charge in [-0.2, -0.15) is 5.26 Å². The highest BCUT2D eigenvalue weighted by Gasteiger charge is 2.55. The number of ether oxygens (including phenoxy) is 9. The maximum atomic E-state index is 13.7. The van der Waals surface area contributed by atoms with Crippen LogP contribution in [0.25, 0.3) is 0 Å². The molecule has 4 aromatic rings. The molecule has 68 heavy (non-hydrogen) atoms. The molecule has 0 spiro atoms. The van der Waals surface area contributed by atoms with Crippen molar-refractivity contribution in [3.05, 3.63) is 129 Å². The van der Waals surface area contributed by atoms with Crippen molar-refractivity contribution < 1.29 is 61.3 Å². The molecule has 6 rings (SSSR count). The highest BCUT2D eigenvalue weighted by atomic mass is 31.2. The van der Waals surface area contributed by atoms with Crippen molar-refractivity contribution in [2.24, 2.45) is 0 Å². The smallest absolute Gasteiger partial charge is 0.338 e. The van der Waals surface area contributed by atoms with Gasteiger partial charge in [0.05, 0.1) is 53.1 Å². The minimum Gasteiger partial charge on any atom is -0.497 e. The Hall–Kier alpha value is -5.52. The first-order chi connectivity index (χ1) is 32.8. The topological polar surface area (TPSA) is 218 Å². The average molecular weight is 963 g/mol. The standard InChI is InChI=1S/C48H59N4O15P/c1-9-59-44(54)41-42(45(55)60-10-2)66-47(65-41)64-40-39(67-68(62-28-14-26-49)52(30(3)4)31(5)6)37(63-43(40)51-27-25-38(53)50-46(51)56)29-61-48(32-15-12-11-13-16-32,33-17-21-35(57-7)22-18-33)34-19-23-36(58-8)24-20-34/h11-13,15-25,27,30-31,37,39-43,47H,9-10,14,28-29H2,1-8H3,(H,50,53,56)/t37-,39-,40-,41-,42-,43-,68?/m1/s1. The Kier molecular flexibility index (Phi) is 18.4. The molecule has 3 aromatic carbocycles. The normalized spacial score (nSPS) is 21.2. The minimum absolute atomic E-state index is 0.00453. The molecule has 19 nitrogen and oxygen atoms in total. The van der Waals surface area contributed by atoms with Crippen LogP contribution in [0.3, 0.4) is 0 Å². The predicted octanol–water partition coefficient (Wildman–Crippen LogP) is 5.70. The van der Waals surface area contributed by atoms with Crippen molar-refractivity contribution in [2.75, 3.05) is 40.6 Å². The van der Waals surface area contributed by atoms with E-state index in [1.54, 1.807) is 28.1 Å². The van der Waals surface area contributed by atoms with Crippen molar-refractivity contribution in [2.45, 2.75) is 109 Å². The number of nitrogens with zero attached hydrogens (tertiary/aromatic N) is 3. The van der Waals surface area contributed by atoms with Gasteiger partial charge in [0.2, 0.25) is 0 Å². The number of nitrogens with one attached hydrogen (secondary N) is 1. The number of esters is 2. The van der Waals surface area contributed by atoms with E-state index >= 15 is 0 Å². The van der Waals surface area contributed by atoms with E-state index in [-0.39, 0.29) is 44.9 Å². The van der Waals surface area contributed by atoms with Gasteiger partial charge >= 0.3 is 17.6 Å². The van der Waals surface area contributed by atoms with Gasteiger partial charge in [-0.25, -0.2) is 19.1 Å². The average Bonchev–Trinajstić information content (AvgIpc) is 3.91. The number of hydrogen-bond acceptors (Lipinski definition) is 17. The number of rotatable bonds is 23. The Morgan fingerprint density at radius 3 is 1.82 bits per heavy atom. The van der Waals surface area contributed by atoms with Crippen LogP contribution >= 0.6 is 8.53 Å². The number of nitriles is 1. The molecule has 1 unspecified atom stereocenters. The molecular formula is C48H59N4O15P. The lowest BCUT2D eigenvalue weighted by molar-refractivity contribution is -0.280. The van der Waals surface area contributed by atoms with E-state index < -0.39 is 80.5 Å². The van der Waals surface area contributed by atoms with Gasteiger partial charge in [-0.3, -0.25) is 14.3 Å². The Morgan fingerprint density at radius 2 is 1.34 bits per heavy atom. The molecule has 0 bridgehead atoms. The lowest BCUT2D eigenvalue weighted by Crippen LogP contribution is -2.45. The fraction of sp³-hybridized carbons (Fsp3) is 0.479. The van der Waals surface area contributed by atoms with Crippen LogP contribution in [-0.4, -0.2) is 116 Å². The number of aromatic amines is 1. The first kappa shape index (κ1) is 51.9. The third-order valence-corrected chi connectivity index (χ3v) is 13.1. The third kappa shape index (κ3) is 11.8. The van der Waals surface area contributed by atoms with Crippen LogP contribution in [-0.2, 0) is 57.4 Å². The molecule has 0 radical (unpaired) electrons. The molecular weight excluding hydrogens is 904 g/mol. The fourth-order valence-electron chi connectivity index (χ4n) is 8.06. The van der Waals surface area contributed by atoms with Crippen molar-refractivity contribution in [3.63, 3.8) is 0 Å². The van der Waals surface area contributed by atoms with E-state index in [2.05, 4.69) is 11.1 Å². The molecule has 2 fully saturated rings. The lowest BCUT2D eigenvalue weighted by Gasteiger charge is -2.39. The molecule has 1 N–H and O–H groups in total. The second-order valence-corrected chi connectivity index (χ2v) is 17.4. The highest BCUT2D eigenvalue weighted by molar-refractivity contribution is 7.44. The number of aromatic nitrogens is 2. The molecule has 3 heterocycles. The first-order valence-electron chi connectivity index (χ1n) is 22.3. The van der Waals surface area contributed by atoms with Crippen LogP contribution < -0.4 is 20.7 Å². The second kappa shape index (κ2) is 24.2. The first-order valence-corrected chi connectivity index (χ1v) is 23.4. The SMILES string of the molecule is CCOC(=O)[C@@H]1OC(O[C@@H]2[C@H](OP(OCCC#N)N(C(C)C)C(C)C)[C@@H](COC(c3ccccc3)(c3ccc(OC)cc3)c3ccc(OC)cc3)O[C@H]2n2ccc(=O)[nH]c2=O)O[C@H]1C(=O)OCC. The number of hydrogen-bond donors (Lipinski definition) is 1. The molecule has 366 valence electrons. The summed E-state index contributed by atoms with van der Waals surface area (Å²) >= 11 is 0. The maximum Gasteiger partial charge on any atom is 0.338 e. The summed E-state index contributed by atoms with van der Waals surface area (Å²) in [6.45, 7) is 8.99. The summed E-state index contributed by atoms with van der Waals surface area (Å²) in [6.07, 6.45) is -7.11. The Morgan fingerprint density at radius 1 is 0.794 bits per heavy atom. The van der Waals surface area contributed by atoms with Gasteiger partial charge in [0.25, 0.3) is 20.6 Å². The van der Waals surface area contributed by atoms with Gasteiger partial charge in [-0.1, -0.05) is 54.6 Å². The summed E-state index contributed by atoms with van der Waals surface area (Å²) in [5, 5.41) is 9.55. The predicted molar refractivity (Wildman–Crippen MR) is 245 cm³/mol. The van der Waals surface area contributed by atoms with Crippen LogP contribution in [0.4, 0.5) is 0 Å². The summed E-state index contributed by atoms with van der Waals surface area (Å²) in [5.41, 5.74) is -0.722. The zero-order valence-electron chi connectivity index (χ0n) is 39.3. The van der Waals surface area contributed by atoms with Gasteiger partial charge in [-0.15, -0.1) is 0 Å². The number of carbonyl (C=O) groups excluding carboxylic acids is 2. The monoisotopic (exact) mass is 962 g/mol. The van der Waals surface area contributed by atoms with E-state index in [4.69, 9.17) is 51.7 Å². The van der Waals surface area contributed by atoms with E-state index in [0.717, 1.165) is 16.2 Å². The van der Waals surface area contributed by atoms with Gasteiger partial charge in [0.1, 0.15) is 35.4 Å². The van der Waals surface area contributed by atoms with E-state index in [1.807, 2.05) is 111 Å². The van der Waals surface area contributed by atoms with Crippen molar-refractivity contribution in [1.82, 2.24) is 14.2 Å². The van der Waals surface area contributed by atoms with Crippen LogP contribution in [0.5, 0.6) is 11.5 Å². The zero-order valence-corrected chi connectivity index (χ0v) is 40.2. The van der Waals surface area contributed by atoms with Crippen molar-refractivity contribution in [1.29, 1.82) is 5.26 Å². The van der Waals surface area contributed by atoms with Gasteiger partial charge in [0.15, 0.2) is 18.4 Å². The Bertz CT molecular complexity index is 2330. The van der Waals surface area contributed by atoms with Gasteiger partial charge in [0, 0.05) is 24.3 Å². The summed E-state index contributed by atoms with van der Waals surface area (Å²) in [4.78, 5) is 54.9. The van der Waals surface area contributed by atoms with Crippen LogP contribution in [0, 0.1) is 11.3 Å². The largest absolute Gasteiger partial charge is 0.497 e. The van der Waals surface area contributed by atoms with Crippen molar-refractivity contribution >= 4 is 20.5 Å². The zero-order chi connectivity index (χ0) is 49.0. The highest BCUT2D eigenvalue weighted by Crippen LogP contribution is 2.51. The lowest BCUT2D eigenvalue weighted by atomic mass is 9.80. The Balaban J connectivity index is 1.53. The summed E-state index contributed by atoms with van der Waals surface area (Å²) in [5.74, 6) is -0.577. The van der Waals surface area contributed by atoms with Crippen LogP contribution in [0.2, 0.25) is 0 Å². The maximum absolute atomic E-state index is 13.7. The summed E-state index contributed by atoms with van der Waals surface area (Å²) in [7, 11) is 1.09. The molecule has 0 saturated carbocycles. The molecule has 0 aliphatic carbocycles. The minimum atomic E-state index is -2.06. The fourth-order valence-corrected chi connectivity index (χ4v) is 9.83. The van der Waals surface area contributed by atoms with E-state index in [1.165, 1.54) is 6.20 Å². The number of H-pyrrole nitrogens is 1. The van der Waals surface area contributed by atoms with Crippen molar-refractivity contribution in [3.8, 4) is 17.6 Å². The van der Waals surface area contributed by atoms with E-state index in [0.29, 0.717) is 22.6 Å². The number of carbonyl (C=O) groups is 2. The summed E-state index contributed by atoms with van der Waals surface area (Å²) in [6, 6.07) is 27.4. The molecule has 1 aromatic heterocycles. The second-order valence-electron chi connectivity index (χ2n) is 16.0. The van der Waals surface area contributed by atoms with E-state index in [9.17, 15) is 24.4 Å². The van der Waals surface area contributed by atoms with Crippen LogP contribution in [0.1, 0.15) is 70.9 Å². The molecule has 20 heteroatoms. The molecule has 7 atom stereocenters. The molecule has 2 aliphatic rings. The molecule has 2 saturated heterocycles. The quantitative estimate of drug-likeness (QED) is 0.0408. The van der Waals surface area contributed by atoms with Gasteiger partial charge in [-0.05, 0) is 82.5 Å².